The van der Waals surface area contributed by atoms with Crippen LogP contribution < -0.4 is 0 Å². The van der Waals surface area contributed by atoms with E-state index in [1.54, 1.807) is 0 Å². The molecule has 14 rings (SSSR count). The molecule has 0 N–H and O–H groups in total. The van der Waals surface area contributed by atoms with Crippen molar-refractivity contribution in [3.63, 3.8) is 0 Å². The van der Waals surface area contributed by atoms with Gasteiger partial charge >= 0.3 is 0 Å². The standard InChI is InChI=1S/C64H40N4/c1-3-15-41(16-4-1)43-27-31-45(32-28-43)61-65-62(46-33-29-44(30-34-46)42-17-5-2-6-18-42)67-63(66-61)68-59-26-14-10-22-53(59)54-38-36-48(40-60(54)68)47-35-37-52-51-21-9-13-25-57(51)64(58(52)39-47)55-23-11-7-19-49(55)50-20-8-12-24-56(50)64/h1-40H. The Morgan fingerprint density at radius 1 is 0.265 bits per heavy atom. The highest BCUT2D eigenvalue weighted by Gasteiger charge is 2.51. The van der Waals surface area contributed by atoms with Crippen LogP contribution in [0.1, 0.15) is 22.3 Å². The molecule has 2 heterocycles. The molecule has 2 aliphatic rings. The van der Waals surface area contributed by atoms with Crippen LogP contribution in [0.15, 0.2) is 243 Å². The van der Waals surface area contributed by atoms with Crippen LogP contribution in [0, 0.1) is 0 Å². The van der Waals surface area contributed by atoms with Gasteiger partial charge in [-0.2, -0.15) is 9.97 Å². The lowest BCUT2D eigenvalue weighted by atomic mass is 9.70. The normalized spacial score (nSPS) is 12.8. The number of aromatic nitrogens is 4. The zero-order valence-electron chi connectivity index (χ0n) is 36.9. The maximum Gasteiger partial charge on any atom is 0.238 e. The number of nitrogens with zero attached hydrogens (tertiary/aromatic N) is 4. The second kappa shape index (κ2) is 15.0. The Morgan fingerprint density at radius 3 is 1.22 bits per heavy atom. The van der Waals surface area contributed by atoms with Gasteiger partial charge in [-0.05, 0) is 96.1 Å². The summed E-state index contributed by atoms with van der Waals surface area (Å²) in [7, 11) is 0. The molecule has 0 amide bonds. The molecule has 0 radical (unpaired) electrons. The van der Waals surface area contributed by atoms with Gasteiger partial charge in [-0.15, -0.1) is 0 Å². The number of rotatable bonds is 6. The highest BCUT2D eigenvalue weighted by atomic mass is 15.2. The van der Waals surface area contributed by atoms with Crippen LogP contribution in [0.2, 0.25) is 0 Å². The van der Waals surface area contributed by atoms with Gasteiger partial charge in [0.2, 0.25) is 5.95 Å². The maximum atomic E-state index is 5.34. The molecule has 0 bridgehead atoms. The summed E-state index contributed by atoms with van der Waals surface area (Å²) in [6.45, 7) is 0. The summed E-state index contributed by atoms with van der Waals surface area (Å²) in [6.07, 6.45) is 0. The van der Waals surface area contributed by atoms with Crippen molar-refractivity contribution >= 4 is 21.8 Å². The van der Waals surface area contributed by atoms with Crippen molar-refractivity contribution in [3.05, 3.63) is 265 Å². The molecular formula is C64H40N4. The zero-order valence-corrected chi connectivity index (χ0v) is 36.9. The minimum absolute atomic E-state index is 0.426. The molecule has 2 aliphatic carbocycles. The highest BCUT2D eigenvalue weighted by Crippen LogP contribution is 2.63. The highest BCUT2D eigenvalue weighted by molar-refractivity contribution is 6.10. The fourth-order valence-electron chi connectivity index (χ4n) is 11.2. The van der Waals surface area contributed by atoms with Gasteiger partial charge in [0.25, 0.3) is 0 Å². The fraction of sp³-hybridized carbons (Fsp3) is 0.0156. The Bertz CT molecular complexity index is 3780. The lowest BCUT2D eigenvalue weighted by Gasteiger charge is -2.30. The Kier molecular flexibility index (Phi) is 8.46. The molecule has 2 aromatic heterocycles. The van der Waals surface area contributed by atoms with Crippen LogP contribution in [0.5, 0.6) is 0 Å². The minimum atomic E-state index is -0.426. The quantitative estimate of drug-likeness (QED) is 0.167. The second-order valence-electron chi connectivity index (χ2n) is 17.9. The zero-order chi connectivity index (χ0) is 44.8. The predicted molar refractivity (Wildman–Crippen MR) is 278 cm³/mol. The van der Waals surface area contributed by atoms with Crippen LogP contribution in [-0.2, 0) is 5.41 Å². The average Bonchev–Trinajstić information content (AvgIpc) is 4.03. The van der Waals surface area contributed by atoms with Crippen molar-refractivity contribution in [1.29, 1.82) is 0 Å². The van der Waals surface area contributed by atoms with E-state index in [0.29, 0.717) is 17.6 Å². The second-order valence-corrected chi connectivity index (χ2v) is 17.9. The maximum absolute atomic E-state index is 5.34. The van der Waals surface area contributed by atoms with Crippen molar-refractivity contribution in [1.82, 2.24) is 19.5 Å². The first-order chi connectivity index (χ1) is 33.7. The van der Waals surface area contributed by atoms with Gasteiger partial charge in [-0.25, -0.2) is 4.98 Å². The number of benzene rings is 10. The molecule has 0 fully saturated rings. The molecular weight excluding hydrogens is 825 g/mol. The third-order valence-electron chi connectivity index (χ3n) is 14.3. The van der Waals surface area contributed by atoms with Crippen LogP contribution >= 0.6 is 0 Å². The van der Waals surface area contributed by atoms with E-state index in [-0.39, 0.29) is 0 Å². The first kappa shape index (κ1) is 38.3. The van der Waals surface area contributed by atoms with Crippen LogP contribution in [0.4, 0.5) is 0 Å². The third kappa shape index (κ3) is 5.71. The fourth-order valence-corrected chi connectivity index (χ4v) is 11.2. The molecule has 0 saturated carbocycles. The Morgan fingerprint density at radius 2 is 0.662 bits per heavy atom. The summed E-state index contributed by atoms with van der Waals surface area (Å²) in [5.74, 6) is 1.79. The van der Waals surface area contributed by atoms with Gasteiger partial charge in [0, 0.05) is 21.9 Å². The SMILES string of the molecule is c1ccc(-c2ccc(-c3nc(-c4ccc(-c5ccccc5)cc4)nc(-n4c5ccccc5c5ccc(-c6ccc7c(c6)C6(c8ccccc8-c8ccccc86)c6ccccc6-7)cc54)n3)cc2)cc1. The van der Waals surface area contributed by atoms with Crippen LogP contribution in [0.25, 0.3) is 106 Å². The van der Waals surface area contributed by atoms with Crippen molar-refractivity contribution in [2.24, 2.45) is 0 Å². The topological polar surface area (TPSA) is 43.6 Å². The summed E-state index contributed by atoms with van der Waals surface area (Å²) in [4.78, 5) is 15.9. The number of hydrogen-bond acceptors (Lipinski definition) is 3. The van der Waals surface area contributed by atoms with E-state index >= 15 is 0 Å². The average molecular weight is 865 g/mol. The lowest BCUT2D eigenvalue weighted by Crippen LogP contribution is -2.25. The molecule has 12 aromatic rings. The van der Waals surface area contributed by atoms with Crippen LogP contribution in [-0.4, -0.2) is 19.5 Å². The minimum Gasteiger partial charge on any atom is -0.278 e. The Labute approximate surface area is 394 Å². The lowest BCUT2D eigenvalue weighted by molar-refractivity contribution is 0.794. The van der Waals surface area contributed by atoms with Crippen LogP contribution in [0.3, 0.4) is 0 Å². The Balaban J connectivity index is 0.958. The monoisotopic (exact) mass is 864 g/mol. The molecule has 1 spiro atoms. The number of hydrogen-bond donors (Lipinski definition) is 0. The van der Waals surface area contributed by atoms with E-state index in [2.05, 4.69) is 235 Å². The van der Waals surface area contributed by atoms with Gasteiger partial charge in [0.05, 0.1) is 16.4 Å². The molecule has 0 aliphatic heterocycles. The molecule has 0 saturated heterocycles. The van der Waals surface area contributed by atoms with Crippen molar-refractivity contribution < 1.29 is 0 Å². The smallest absolute Gasteiger partial charge is 0.238 e. The first-order valence-electron chi connectivity index (χ1n) is 23.3. The van der Waals surface area contributed by atoms with E-state index in [0.717, 1.165) is 66.3 Å². The summed E-state index contributed by atoms with van der Waals surface area (Å²) in [5.41, 5.74) is 20.9. The van der Waals surface area contributed by atoms with E-state index in [1.807, 2.05) is 12.1 Å². The molecule has 0 atom stereocenters. The first-order valence-corrected chi connectivity index (χ1v) is 23.3. The summed E-state index contributed by atoms with van der Waals surface area (Å²) >= 11 is 0. The molecule has 0 unspecified atom stereocenters. The van der Waals surface area contributed by atoms with Crippen molar-refractivity contribution in [2.45, 2.75) is 5.41 Å². The van der Waals surface area contributed by atoms with Crippen molar-refractivity contribution in [3.8, 4) is 84.4 Å². The predicted octanol–water partition coefficient (Wildman–Crippen LogP) is 15.6. The van der Waals surface area contributed by atoms with E-state index in [1.165, 1.54) is 44.5 Å². The van der Waals surface area contributed by atoms with E-state index in [4.69, 9.17) is 15.0 Å². The molecule has 4 nitrogen and oxygen atoms in total. The summed E-state index contributed by atoms with van der Waals surface area (Å²) in [5, 5.41) is 2.27. The summed E-state index contributed by atoms with van der Waals surface area (Å²) in [6, 6.07) is 87.5. The number of fused-ring (bicyclic) bond motifs is 13. The molecule has 10 aromatic carbocycles. The Hall–Kier alpha value is -8.99. The van der Waals surface area contributed by atoms with Gasteiger partial charge < -0.3 is 0 Å². The van der Waals surface area contributed by atoms with Gasteiger partial charge in [0.15, 0.2) is 11.6 Å². The summed E-state index contributed by atoms with van der Waals surface area (Å²) < 4.78 is 2.23. The van der Waals surface area contributed by atoms with Gasteiger partial charge in [0.1, 0.15) is 0 Å². The number of para-hydroxylation sites is 1. The van der Waals surface area contributed by atoms with E-state index < -0.39 is 5.41 Å². The molecule has 68 heavy (non-hydrogen) atoms. The molecule has 4 heteroatoms. The largest absolute Gasteiger partial charge is 0.278 e. The van der Waals surface area contributed by atoms with Gasteiger partial charge in [-0.1, -0.05) is 224 Å². The van der Waals surface area contributed by atoms with E-state index in [9.17, 15) is 0 Å². The van der Waals surface area contributed by atoms with Gasteiger partial charge in [-0.3, -0.25) is 4.57 Å². The van der Waals surface area contributed by atoms with Crippen molar-refractivity contribution in [2.75, 3.05) is 0 Å². The molecule has 316 valence electrons. The third-order valence-corrected chi connectivity index (χ3v) is 14.3.